The van der Waals surface area contributed by atoms with Crippen LogP contribution in [0, 0.1) is 0 Å². The molecule has 0 saturated carbocycles. The molecular weight excluding hydrogens is 479 g/mol. The van der Waals surface area contributed by atoms with Crippen LogP contribution < -0.4 is 4.74 Å². The lowest BCUT2D eigenvalue weighted by molar-refractivity contribution is -0.116. The molecule has 0 radical (unpaired) electrons. The highest BCUT2D eigenvalue weighted by Crippen LogP contribution is 2.44. The molecule has 1 heterocycles. The fraction of sp³-hybridized carbons (Fsp3) is 0.310. The van der Waals surface area contributed by atoms with E-state index in [1.54, 1.807) is 4.90 Å². The van der Waals surface area contributed by atoms with Gasteiger partial charge in [0.1, 0.15) is 17.6 Å². The second-order valence-electron chi connectivity index (χ2n) is 10.1. The van der Waals surface area contributed by atoms with Crippen LogP contribution in [0.15, 0.2) is 71.7 Å². The first-order valence-corrected chi connectivity index (χ1v) is 12.5. The smallest absolute Gasteiger partial charge is 0.215 e. The lowest BCUT2D eigenvalue weighted by Gasteiger charge is -2.27. The van der Waals surface area contributed by atoms with Crippen molar-refractivity contribution in [1.82, 2.24) is 4.90 Å². The molecule has 182 valence electrons. The third-order valence-electron chi connectivity index (χ3n) is 6.09. The molecule has 0 unspecified atom stereocenters. The van der Waals surface area contributed by atoms with E-state index >= 15 is 0 Å². The molecule has 0 bridgehead atoms. The van der Waals surface area contributed by atoms with Gasteiger partial charge in [0.25, 0.3) is 0 Å². The molecule has 0 fully saturated rings. The number of aliphatic imine (C=N–C) groups is 1. The number of nitrogens with zero attached hydrogens (tertiary/aromatic N) is 2. The number of amidine groups is 1. The number of carbonyl (C=O) groups excluding carboxylic acids is 1. The average molecular weight is 509 g/mol. The van der Waals surface area contributed by atoms with Gasteiger partial charge in [0.05, 0.1) is 17.7 Å². The van der Waals surface area contributed by atoms with E-state index in [9.17, 15) is 4.79 Å². The number of carbonyl (C=O) groups is 1. The van der Waals surface area contributed by atoms with Crippen molar-refractivity contribution in [2.45, 2.75) is 58.2 Å². The summed E-state index contributed by atoms with van der Waals surface area (Å²) in [7, 11) is 0. The zero-order chi connectivity index (χ0) is 25.3. The maximum Gasteiger partial charge on any atom is 0.215 e. The highest BCUT2D eigenvalue weighted by molar-refractivity contribution is 6.30. The van der Waals surface area contributed by atoms with E-state index in [4.69, 9.17) is 32.9 Å². The van der Waals surface area contributed by atoms with Crippen LogP contribution in [0.3, 0.4) is 0 Å². The van der Waals surface area contributed by atoms with E-state index in [-0.39, 0.29) is 23.6 Å². The molecule has 0 aromatic heterocycles. The fourth-order valence-electron chi connectivity index (χ4n) is 4.32. The Morgan fingerprint density at radius 2 is 1.49 bits per heavy atom. The molecule has 0 aliphatic carbocycles. The SMILES string of the molecule is CC(C)Oc1cc(C(C)(C)C)ccc1C1=N[C@@H](c2ccc(Cl)cc2)[C@@H](c2ccc(Cl)cc2)N1C=O. The molecule has 0 N–H and O–H groups in total. The zero-order valence-corrected chi connectivity index (χ0v) is 22.1. The number of amides is 1. The first-order valence-electron chi connectivity index (χ1n) is 11.7. The van der Waals surface area contributed by atoms with E-state index in [1.165, 1.54) is 0 Å². The summed E-state index contributed by atoms with van der Waals surface area (Å²) in [6.07, 6.45) is 0.819. The maximum atomic E-state index is 12.6. The summed E-state index contributed by atoms with van der Waals surface area (Å²) in [4.78, 5) is 19.4. The summed E-state index contributed by atoms with van der Waals surface area (Å²) in [5.41, 5.74) is 3.80. The van der Waals surface area contributed by atoms with Crippen LogP contribution in [0.5, 0.6) is 5.75 Å². The molecule has 4 rings (SSSR count). The Bertz CT molecular complexity index is 1230. The van der Waals surface area contributed by atoms with E-state index in [0.717, 1.165) is 28.7 Å². The van der Waals surface area contributed by atoms with Crippen LogP contribution >= 0.6 is 23.2 Å². The van der Waals surface area contributed by atoms with Gasteiger partial charge < -0.3 is 4.74 Å². The summed E-state index contributed by atoms with van der Waals surface area (Å²) in [5.74, 6) is 1.29. The summed E-state index contributed by atoms with van der Waals surface area (Å²) in [5, 5.41) is 1.29. The molecule has 3 aromatic rings. The Morgan fingerprint density at radius 1 is 0.914 bits per heavy atom. The molecule has 0 saturated heterocycles. The highest BCUT2D eigenvalue weighted by Gasteiger charge is 2.40. The number of hydrogen-bond donors (Lipinski definition) is 0. The molecule has 2 atom stereocenters. The van der Waals surface area contributed by atoms with Crippen LogP contribution in [-0.4, -0.2) is 23.2 Å². The van der Waals surface area contributed by atoms with Gasteiger partial charge in [0, 0.05) is 10.0 Å². The Kier molecular flexibility index (Phi) is 7.25. The monoisotopic (exact) mass is 508 g/mol. The summed E-state index contributed by atoms with van der Waals surface area (Å²) < 4.78 is 6.24. The maximum absolute atomic E-state index is 12.6. The third kappa shape index (κ3) is 5.39. The molecule has 35 heavy (non-hydrogen) atoms. The minimum atomic E-state index is -0.338. The van der Waals surface area contributed by atoms with Gasteiger partial charge in [-0.05, 0) is 72.4 Å². The summed E-state index contributed by atoms with van der Waals surface area (Å²) in [6.45, 7) is 10.5. The Morgan fingerprint density at radius 3 is 2.00 bits per heavy atom. The fourth-order valence-corrected chi connectivity index (χ4v) is 4.57. The van der Waals surface area contributed by atoms with E-state index in [2.05, 4.69) is 32.9 Å². The standard InChI is InChI=1S/C29H30Cl2N2O2/c1-18(2)35-25-16-21(29(3,4)5)10-15-24(25)28-32-26(19-6-11-22(30)12-7-19)27(33(28)17-34)20-8-13-23(31)14-9-20/h6-18,26-27H,1-5H3/t26-,27+/m0/s1. The van der Waals surface area contributed by atoms with Gasteiger partial charge in [0.15, 0.2) is 0 Å². The zero-order valence-electron chi connectivity index (χ0n) is 20.6. The van der Waals surface area contributed by atoms with Crippen molar-refractivity contribution < 1.29 is 9.53 Å². The second kappa shape index (κ2) is 10.0. The topological polar surface area (TPSA) is 41.9 Å². The molecular formula is C29H30Cl2N2O2. The highest BCUT2D eigenvalue weighted by atomic mass is 35.5. The normalized spacial score (nSPS) is 18.1. The van der Waals surface area contributed by atoms with E-state index in [0.29, 0.717) is 21.6 Å². The molecule has 3 aromatic carbocycles. The van der Waals surface area contributed by atoms with Crippen LogP contribution in [0.25, 0.3) is 0 Å². The summed E-state index contributed by atoms with van der Waals surface area (Å²) in [6, 6.07) is 20.7. The van der Waals surface area contributed by atoms with Gasteiger partial charge in [-0.2, -0.15) is 0 Å². The van der Waals surface area contributed by atoms with Gasteiger partial charge in [-0.15, -0.1) is 0 Å². The Hall–Kier alpha value is -2.82. The first-order chi connectivity index (χ1) is 16.6. The molecule has 6 heteroatoms. The number of hydrogen-bond acceptors (Lipinski definition) is 3. The Balaban J connectivity index is 1.89. The Labute approximate surface area is 217 Å². The lowest BCUT2D eigenvalue weighted by atomic mass is 9.86. The van der Waals surface area contributed by atoms with Crippen LogP contribution in [0.4, 0.5) is 0 Å². The molecule has 0 spiro atoms. The van der Waals surface area contributed by atoms with Gasteiger partial charge in [-0.25, -0.2) is 0 Å². The molecule has 1 aliphatic rings. The van der Waals surface area contributed by atoms with E-state index < -0.39 is 0 Å². The van der Waals surface area contributed by atoms with Crippen molar-refractivity contribution in [2.75, 3.05) is 0 Å². The van der Waals surface area contributed by atoms with Crippen molar-refractivity contribution in [1.29, 1.82) is 0 Å². The van der Waals surface area contributed by atoms with Crippen molar-refractivity contribution in [3.8, 4) is 5.75 Å². The molecule has 1 aliphatic heterocycles. The van der Waals surface area contributed by atoms with Crippen molar-refractivity contribution in [2.24, 2.45) is 4.99 Å². The van der Waals surface area contributed by atoms with Crippen molar-refractivity contribution >= 4 is 35.4 Å². The predicted octanol–water partition coefficient (Wildman–Crippen LogP) is 7.78. The average Bonchev–Trinajstić information content (AvgIpc) is 3.18. The van der Waals surface area contributed by atoms with Gasteiger partial charge in [-0.3, -0.25) is 14.7 Å². The van der Waals surface area contributed by atoms with Crippen LogP contribution in [-0.2, 0) is 10.2 Å². The minimum Gasteiger partial charge on any atom is -0.490 e. The van der Waals surface area contributed by atoms with Gasteiger partial charge in [0.2, 0.25) is 6.41 Å². The largest absolute Gasteiger partial charge is 0.490 e. The van der Waals surface area contributed by atoms with Crippen molar-refractivity contribution in [3.63, 3.8) is 0 Å². The lowest BCUT2D eigenvalue weighted by Crippen LogP contribution is -2.31. The first kappa shape index (κ1) is 25.3. The number of ether oxygens (including phenoxy) is 1. The number of rotatable bonds is 6. The molecule has 1 amide bonds. The predicted molar refractivity (Wildman–Crippen MR) is 144 cm³/mol. The number of benzene rings is 3. The van der Waals surface area contributed by atoms with Gasteiger partial charge >= 0.3 is 0 Å². The third-order valence-corrected chi connectivity index (χ3v) is 6.60. The second-order valence-corrected chi connectivity index (χ2v) is 11.0. The summed E-state index contributed by atoms with van der Waals surface area (Å²) >= 11 is 12.3. The van der Waals surface area contributed by atoms with Crippen molar-refractivity contribution in [3.05, 3.63) is 99.0 Å². The molecule has 4 nitrogen and oxygen atoms in total. The van der Waals surface area contributed by atoms with E-state index in [1.807, 2.05) is 68.4 Å². The minimum absolute atomic E-state index is 0.0326. The quantitative estimate of drug-likeness (QED) is 0.319. The number of halogens is 2. The van der Waals surface area contributed by atoms with Crippen LogP contribution in [0.2, 0.25) is 10.0 Å². The van der Waals surface area contributed by atoms with Crippen LogP contribution in [0.1, 0.15) is 69.0 Å². The van der Waals surface area contributed by atoms with Gasteiger partial charge in [-0.1, -0.05) is 74.3 Å².